The van der Waals surface area contributed by atoms with Gasteiger partial charge in [-0.15, -0.1) is 13.2 Å². The molecule has 72 valence electrons. The number of unbranched alkanes of at least 4 members (excludes halogenated alkanes) is 1. The third kappa shape index (κ3) is 126. The first-order chi connectivity index (χ1) is 6.24. The number of allylic oxidation sites excluding steroid dienone is 1. The summed E-state index contributed by atoms with van der Waals surface area (Å²) < 4.78 is 0. The molecule has 0 bridgehead atoms. The number of aliphatic hydroxyl groups is 1. The molecule has 0 saturated heterocycles. The highest BCUT2D eigenvalue weighted by atomic mass is 16.2. The van der Waals surface area contributed by atoms with Crippen molar-refractivity contribution in [2.24, 2.45) is 0 Å². The van der Waals surface area contributed by atoms with Crippen molar-refractivity contribution in [2.75, 3.05) is 6.61 Å². The second-order valence-corrected chi connectivity index (χ2v) is 1.68. The molecule has 0 fully saturated rings. The summed E-state index contributed by atoms with van der Waals surface area (Å²) in [6, 6.07) is 3.75. The van der Waals surface area contributed by atoms with Crippen LogP contribution < -0.4 is 0 Å². The lowest BCUT2D eigenvalue weighted by atomic mass is 10.3. The molecule has 0 heterocycles. The molecule has 1 N–H and O–H groups in total. The summed E-state index contributed by atoms with van der Waals surface area (Å²) in [4.78, 5) is 0. The van der Waals surface area contributed by atoms with Gasteiger partial charge in [0.2, 0.25) is 0 Å². The third-order valence-corrected chi connectivity index (χ3v) is 0.589. The topological polar surface area (TPSA) is 67.8 Å². The van der Waals surface area contributed by atoms with Crippen molar-refractivity contribution in [1.29, 1.82) is 10.5 Å². The van der Waals surface area contributed by atoms with Crippen LogP contribution in [0.1, 0.15) is 19.8 Å². The Morgan fingerprint density at radius 3 is 1.77 bits per heavy atom. The van der Waals surface area contributed by atoms with Gasteiger partial charge in [0, 0.05) is 13.3 Å². The molecule has 13 heavy (non-hydrogen) atoms. The average molecular weight is 180 g/mol. The van der Waals surface area contributed by atoms with E-state index in [-0.39, 0.29) is 6.61 Å². The molecule has 0 aliphatic carbocycles. The van der Waals surface area contributed by atoms with Gasteiger partial charge >= 0.3 is 0 Å². The molecule has 0 aliphatic heterocycles. The zero-order valence-corrected chi connectivity index (χ0v) is 8.03. The fourth-order valence-corrected chi connectivity index (χ4v) is 0.167. The van der Waals surface area contributed by atoms with Crippen LogP contribution in [0.15, 0.2) is 25.3 Å². The van der Waals surface area contributed by atoms with Gasteiger partial charge in [0.1, 0.15) is 0 Å². The van der Waals surface area contributed by atoms with E-state index < -0.39 is 0 Å². The lowest BCUT2D eigenvalue weighted by Crippen LogP contribution is -1.62. The van der Waals surface area contributed by atoms with E-state index in [0.29, 0.717) is 6.42 Å². The standard InChI is InChI=1S/C5H7N.C3H6O.C2H3N/c1-2-3-4-5-6;1-2-3-4;1-2-3/h2H,1,3-4H2;2,4H,1,3H2;1H3. The number of rotatable bonds is 3. The summed E-state index contributed by atoms with van der Waals surface area (Å²) in [5, 5.41) is 23.0. The van der Waals surface area contributed by atoms with Gasteiger partial charge in [0.05, 0.1) is 18.7 Å². The Hall–Kier alpha value is -1.58. The molecule has 0 rings (SSSR count). The lowest BCUT2D eigenvalue weighted by Gasteiger charge is -1.70. The van der Waals surface area contributed by atoms with Gasteiger partial charge in [0.25, 0.3) is 0 Å². The van der Waals surface area contributed by atoms with Crippen molar-refractivity contribution >= 4 is 0 Å². The number of hydrogen-bond donors (Lipinski definition) is 1. The van der Waals surface area contributed by atoms with Gasteiger partial charge < -0.3 is 5.11 Å². The summed E-state index contributed by atoms with van der Waals surface area (Å²) in [5.41, 5.74) is 0. The quantitative estimate of drug-likeness (QED) is 0.534. The Balaban J connectivity index is -0.000000125. The monoisotopic (exact) mass is 180 g/mol. The Labute approximate surface area is 80.2 Å². The zero-order chi connectivity index (χ0) is 10.9. The summed E-state index contributed by atoms with van der Waals surface area (Å²) in [6.07, 6.45) is 4.59. The van der Waals surface area contributed by atoms with Gasteiger partial charge in [0.15, 0.2) is 0 Å². The molecule has 0 amide bonds. The Morgan fingerprint density at radius 2 is 1.69 bits per heavy atom. The first-order valence-corrected chi connectivity index (χ1v) is 3.75. The van der Waals surface area contributed by atoms with Gasteiger partial charge in [-0.1, -0.05) is 12.2 Å². The molecular weight excluding hydrogens is 164 g/mol. The molecule has 0 unspecified atom stereocenters. The Bertz CT molecular complexity index is 174. The van der Waals surface area contributed by atoms with Gasteiger partial charge in [-0.05, 0) is 6.42 Å². The van der Waals surface area contributed by atoms with Gasteiger partial charge in [-0.2, -0.15) is 10.5 Å². The molecule has 0 radical (unpaired) electrons. The molecule has 0 aromatic rings. The highest BCUT2D eigenvalue weighted by Gasteiger charge is 1.69. The van der Waals surface area contributed by atoms with Crippen LogP contribution in [-0.4, -0.2) is 11.7 Å². The zero-order valence-electron chi connectivity index (χ0n) is 8.03. The largest absolute Gasteiger partial charge is 0.392 e. The summed E-state index contributed by atoms with van der Waals surface area (Å²) in [6.45, 7) is 8.19. The molecule has 0 aromatic heterocycles. The van der Waals surface area contributed by atoms with E-state index in [2.05, 4.69) is 13.2 Å². The maximum absolute atomic E-state index is 7.90. The molecule has 3 nitrogen and oxygen atoms in total. The smallest absolute Gasteiger partial charge is 0.0624 e. The summed E-state index contributed by atoms with van der Waals surface area (Å²) >= 11 is 0. The molecule has 3 heteroatoms. The molecule has 0 aliphatic rings. The summed E-state index contributed by atoms with van der Waals surface area (Å²) in [7, 11) is 0. The molecule has 0 saturated carbocycles. The van der Waals surface area contributed by atoms with E-state index in [9.17, 15) is 0 Å². The van der Waals surface area contributed by atoms with Crippen molar-refractivity contribution in [3.8, 4) is 12.1 Å². The second kappa shape index (κ2) is 31.5. The van der Waals surface area contributed by atoms with E-state index >= 15 is 0 Å². The van der Waals surface area contributed by atoms with Crippen LogP contribution in [0.4, 0.5) is 0 Å². The highest BCUT2D eigenvalue weighted by Crippen LogP contribution is 1.82. The Kier molecular flexibility index (Phi) is 42.3. The molecule has 0 spiro atoms. The van der Waals surface area contributed by atoms with Crippen molar-refractivity contribution in [2.45, 2.75) is 19.8 Å². The predicted molar refractivity (Wildman–Crippen MR) is 53.6 cm³/mol. The van der Waals surface area contributed by atoms with Crippen molar-refractivity contribution in [3.05, 3.63) is 25.3 Å². The average Bonchev–Trinajstić information content (AvgIpc) is 2.16. The van der Waals surface area contributed by atoms with E-state index in [1.165, 1.54) is 13.0 Å². The number of nitriles is 2. The van der Waals surface area contributed by atoms with Crippen LogP contribution in [0.25, 0.3) is 0 Å². The van der Waals surface area contributed by atoms with Crippen molar-refractivity contribution < 1.29 is 5.11 Å². The minimum atomic E-state index is 0.0833. The van der Waals surface area contributed by atoms with Crippen LogP contribution in [0, 0.1) is 22.7 Å². The minimum absolute atomic E-state index is 0.0833. The fourth-order valence-electron chi connectivity index (χ4n) is 0.167. The van der Waals surface area contributed by atoms with Crippen molar-refractivity contribution in [3.63, 3.8) is 0 Å². The first-order valence-electron chi connectivity index (χ1n) is 3.75. The van der Waals surface area contributed by atoms with E-state index in [1.807, 2.05) is 6.07 Å². The van der Waals surface area contributed by atoms with Crippen LogP contribution >= 0.6 is 0 Å². The summed E-state index contributed by atoms with van der Waals surface area (Å²) in [5.74, 6) is 0. The van der Waals surface area contributed by atoms with E-state index in [1.54, 1.807) is 12.1 Å². The number of nitrogens with zero attached hydrogens (tertiary/aromatic N) is 2. The van der Waals surface area contributed by atoms with Crippen LogP contribution in [-0.2, 0) is 0 Å². The van der Waals surface area contributed by atoms with E-state index in [0.717, 1.165) is 6.42 Å². The normalized spacial score (nSPS) is 5.54. The maximum Gasteiger partial charge on any atom is 0.0624 e. The predicted octanol–water partition coefficient (Wildman–Crippen LogP) is 2.17. The lowest BCUT2D eigenvalue weighted by molar-refractivity contribution is 0.343. The SMILES string of the molecule is C=CCCC#N.C=CCO.CC#N. The number of aliphatic hydroxyl groups excluding tert-OH is 1. The van der Waals surface area contributed by atoms with Crippen molar-refractivity contribution in [1.82, 2.24) is 0 Å². The molecule has 0 atom stereocenters. The van der Waals surface area contributed by atoms with E-state index in [4.69, 9.17) is 15.6 Å². The highest BCUT2D eigenvalue weighted by molar-refractivity contribution is 4.76. The number of hydrogen-bond acceptors (Lipinski definition) is 3. The van der Waals surface area contributed by atoms with Crippen LogP contribution in [0.5, 0.6) is 0 Å². The second-order valence-electron chi connectivity index (χ2n) is 1.68. The van der Waals surface area contributed by atoms with Gasteiger partial charge in [-0.3, -0.25) is 0 Å². The van der Waals surface area contributed by atoms with Gasteiger partial charge in [-0.25, -0.2) is 0 Å². The maximum atomic E-state index is 7.90. The minimum Gasteiger partial charge on any atom is -0.392 e. The molecule has 0 aromatic carbocycles. The van der Waals surface area contributed by atoms with Crippen LogP contribution in [0.2, 0.25) is 0 Å². The fraction of sp³-hybridized carbons (Fsp3) is 0.400. The van der Waals surface area contributed by atoms with Crippen LogP contribution in [0.3, 0.4) is 0 Å². The third-order valence-electron chi connectivity index (χ3n) is 0.589. The first kappa shape index (κ1) is 17.5. The molecular formula is C10H16N2O. The Morgan fingerprint density at radius 1 is 1.31 bits per heavy atom.